The van der Waals surface area contributed by atoms with Crippen molar-refractivity contribution in [2.75, 3.05) is 30.8 Å². The Balaban J connectivity index is 2.45. The average molecular weight is 518 g/mol. The molecule has 1 N–H and O–H groups in total. The number of hydrogen-bond donors (Lipinski definition) is 1. The van der Waals surface area contributed by atoms with Crippen molar-refractivity contribution in [2.45, 2.75) is 59.5 Å². The molecular formula is C27H39N3O5S. The van der Waals surface area contributed by atoms with Crippen LogP contribution < -0.4 is 14.4 Å². The fraction of sp³-hybridized carbons (Fsp3) is 0.481. The largest absolute Gasteiger partial charge is 0.497 e. The highest BCUT2D eigenvalue weighted by atomic mass is 32.2. The van der Waals surface area contributed by atoms with E-state index in [0.717, 1.165) is 40.1 Å². The highest BCUT2D eigenvalue weighted by Crippen LogP contribution is 2.25. The summed E-state index contributed by atoms with van der Waals surface area (Å²) in [6.45, 7) is 7.86. The van der Waals surface area contributed by atoms with Crippen molar-refractivity contribution < 1.29 is 22.7 Å². The van der Waals surface area contributed by atoms with E-state index in [2.05, 4.69) is 5.32 Å². The van der Waals surface area contributed by atoms with E-state index in [1.807, 2.05) is 52.0 Å². The van der Waals surface area contributed by atoms with Crippen LogP contribution in [-0.4, -0.2) is 57.6 Å². The topological polar surface area (TPSA) is 96.0 Å². The molecule has 0 spiro atoms. The fourth-order valence-corrected chi connectivity index (χ4v) is 4.98. The van der Waals surface area contributed by atoms with Gasteiger partial charge in [-0.3, -0.25) is 13.9 Å². The third-order valence-corrected chi connectivity index (χ3v) is 7.13. The minimum absolute atomic E-state index is 0.139. The maximum atomic E-state index is 13.8. The van der Waals surface area contributed by atoms with E-state index >= 15 is 0 Å². The quantitative estimate of drug-likeness (QED) is 0.408. The number of carbonyl (C=O) groups is 2. The number of sulfonamides is 1. The van der Waals surface area contributed by atoms with Crippen molar-refractivity contribution >= 4 is 27.5 Å². The van der Waals surface area contributed by atoms with E-state index in [1.165, 1.54) is 4.90 Å². The van der Waals surface area contributed by atoms with Crippen molar-refractivity contribution in [2.24, 2.45) is 0 Å². The van der Waals surface area contributed by atoms with E-state index in [4.69, 9.17) is 4.74 Å². The first-order valence-corrected chi connectivity index (χ1v) is 14.1. The Morgan fingerprint density at radius 3 is 2.39 bits per heavy atom. The van der Waals surface area contributed by atoms with E-state index < -0.39 is 28.5 Å². The zero-order valence-electron chi connectivity index (χ0n) is 22.2. The van der Waals surface area contributed by atoms with Crippen molar-refractivity contribution in [1.82, 2.24) is 10.2 Å². The molecule has 2 aromatic rings. The van der Waals surface area contributed by atoms with Gasteiger partial charge in [-0.25, -0.2) is 8.42 Å². The van der Waals surface area contributed by atoms with Gasteiger partial charge in [-0.1, -0.05) is 50.1 Å². The molecule has 0 bridgehead atoms. The van der Waals surface area contributed by atoms with Gasteiger partial charge in [-0.05, 0) is 56.0 Å². The minimum Gasteiger partial charge on any atom is -0.497 e. The summed E-state index contributed by atoms with van der Waals surface area (Å²) in [6.07, 6.45) is 3.24. The number of nitrogens with zero attached hydrogens (tertiary/aromatic N) is 2. The van der Waals surface area contributed by atoms with Crippen LogP contribution in [0.25, 0.3) is 0 Å². The number of nitrogens with one attached hydrogen (secondary N) is 1. The van der Waals surface area contributed by atoms with Crippen molar-refractivity contribution in [3.8, 4) is 5.75 Å². The molecular weight excluding hydrogens is 478 g/mol. The highest BCUT2D eigenvalue weighted by Gasteiger charge is 2.32. The molecule has 0 saturated heterocycles. The first-order valence-electron chi connectivity index (χ1n) is 12.3. The SMILES string of the molecule is CCCCNC(=O)[C@@H](CC)N(Cc1cccc(OC)c1)C(=O)CN(c1ccc(C)cc1C)S(C)(=O)=O. The van der Waals surface area contributed by atoms with Gasteiger partial charge >= 0.3 is 0 Å². The summed E-state index contributed by atoms with van der Waals surface area (Å²) in [5, 5.41) is 2.92. The van der Waals surface area contributed by atoms with E-state index in [0.29, 0.717) is 24.4 Å². The normalized spacial score (nSPS) is 12.1. The van der Waals surface area contributed by atoms with Crippen molar-refractivity contribution in [3.05, 3.63) is 59.2 Å². The molecule has 36 heavy (non-hydrogen) atoms. The molecule has 0 aliphatic rings. The van der Waals surface area contributed by atoms with Crippen molar-refractivity contribution in [1.29, 1.82) is 0 Å². The van der Waals surface area contributed by atoms with Gasteiger partial charge in [0.2, 0.25) is 21.8 Å². The Kier molecular flexibility index (Phi) is 10.8. The lowest BCUT2D eigenvalue weighted by Crippen LogP contribution is -2.52. The molecule has 0 heterocycles. The van der Waals surface area contributed by atoms with E-state index in [1.54, 1.807) is 25.3 Å². The number of carbonyl (C=O) groups excluding carboxylic acids is 2. The second-order valence-electron chi connectivity index (χ2n) is 9.00. The predicted octanol–water partition coefficient (Wildman–Crippen LogP) is 3.80. The van der Waals surface area contributed by atoms with Crippen LogP contribution in [0.1, 0.15) is 49.8 Å². The number of rotatable bonds is 13. The van der Waals surface area contributed by atoms with Crippen LogP contribution in [0.5, 0.6) is 5.75 Å². The predicted molar refractivity (Wildman–Crippen MR) is 144 cm³/mol. The highest BCUT2D eigenvalue weighted by molar-refractivity contribution is 7.92. The summed E-state index contributed by atoms with van der Waals surface area (Å²) >= 11 is 0. The molecule has 0 saturated carbocycles. The molecule has 2 aromatic carbocycles. The van der Waals surface area contributed by atoms with Gasteiger partial charge in [0.15, 0.2) is 0 Å². The molecule has 0 aromatic heterocycles. The summed E-state index contributed by atoms with van der Waals surface area (Å²) in [6, 6.07) is 11.9. The third-order valence-electron chi connectivity index (χ3n) is 6.00. The number of methoxy groups -OCH3 is 1. The van der Waals surface area contributed by atoms with Crippen molar-refractivity contribution in [3.63, 3.8) is 0 Å². The molecule has 8 nitrogen and oxygen atoms in total. The van der Waals surface area contributed by atoms with Crippen LogP contribution in [0.3, 0.4) is 0 Å². The van der Waals surface area contributed by atoms with Gasteiger partial charge < -0.3 is 15.0 Å². The number of unbranched alkanes of at least 4 members (excludes halogenated alkanes) is 1. The number of ether oxygens (including phenoxy) is 1. The van der Waals surface area contributed by atoms with E-state index in [9.17, 15) is 18.0 Å². The number of aryl methyl sites for hydroxylation is 2. The summed E-state index contributed by atoms with van der Waals surface area (Å²) < 4.78 is 32.0. The van der Waals surface area contributed by atoms with Gasteiger partial charge in [0, 0.05) is 13.1 Å². The Morgan fingerprint density at radius 2 is 1.81 bits per heavy atom. The molecule has 0 radical (unpaired) electrons. The second kappa shape index (κ2) is 13.3. The lowest BCUT2D eigenvalue weighted by molar-refractivity contribution is -0.140. The van der Waals surface area contributed by atoms with Crippen LogP contribution in [-0.2, 0) is 26.2 Å². The van der Waals surface area contributed by atoms with Gasteiger partial charge in [-0.2, -0.15) is 0 Å². The maximum Gasteiger partial charge on any atom is 0.244 e. The second-order valence-corrected chi connectivity index (χ2v) is 10.9. The smallest absolute Gasteiger partial charge is 0.244 e. The monoisotopic (exact) mass is 517 g/mol. The lowest BCUT2D eigenvalue weighted by Gasteiger charge is -2.33. The standard InChI is InChI=1S/C27H39N3O5S/c1-7-9-15-28-27(32)24(8-2)29(18-22-11-10-12-23(17-22)35-5)26(31)19-30(36(6,33)34)25-14-13-20(3)16-21(25)4/h10-14,16-17,24H,7-9,15,18-19H2,1-6H3,(H,28,32)/t24-/m1/s1. The molecule has 9 heteroatoms. The summed E-state index contributed by atoms with van der Waals surface area (Å²) in [5.74, 6) is -0.0753. The first kappa shape index (κ1) is 29.2. The Hall–Kier alpha value is -3.07. The minimum atomic E-state index is -3.77. The lowest BCUT2D eigenvalue weighted by atomic mass is 10.1. The number of amides is 2. The molecule has 0 fully saturated rings. The summed E-state index contributed by atoms with van der Waals surface area (Å²) in [4.78, 5) is 28.3. The zero-order valence-corrected chi connectivity index (χ0v) is 23.0. The van der Waals surface area contributed by atoms with Crippen LogP contribution in [0.2, 0.25) is 0 Å². The Bertz CT molecular complexity index is 1150. The molecule has 198 valence electrons. The van der Waals surface area contributed by atoms with E-state index in [-0.39, 0.29) is 12.5 Å². The number of anilines is 1. The van der Waals surface area contributed by atoms with Crippen LogP contribution in [0.4, 0.5) is 5.69 Å². The summed E-state index contributed by atoms with van der Waals surface area (Å²) in [5.41, 5.74) is 2.96. The fourth-order valence-electron chi connectivity index (χ4n) is 4.07. The van der Waals surface area contributed by atoms with Gasteiger partial charge in [-0.15, -0.1) is 0 Å². The molecule has 0 unspecified atom stereocenters. The van der Waals surface area contributed by atoms with Gasteiger partial charge in [0.25, 0.3) is 0 Å². The maximum absolute atomic E-state index is 13.8. The van der Waals surface area contributed by atoms with Crippen LogP contribution in [0.15, 0.2) is 42.5 Å². The third kappa shape index (κ3) is 7.98. The molecule has 2 rings (SSSR count). The molecule has 0 aliphatic carbocycles. The van der Waals surface area contributed by atoms with Gasteiger partial charge in [0.05, 0.1) is 19.1 Å². The first-order chi connectivity index (χ1) is 17.0. The number of hydrogen-bond acceptors (Lipinski definition) is 5. The molecule has 1 atom stereocenters. The Labute approximate surface area is 215 Å². The Morgan fingerprint density at radius 1 is 1.08 bits per heavy atom. The van der Waals surface area contributed by atoms with Crippen LogP contribution in [0, 0.1) is 13.8 Å². The summed E-state index contributed by atoms with van der Waals surface area (Å²) in [7, 11) is -2.21. The molecule has 2 amide bonds. The van der Waals surface area contributed by atoms with Gasteiger partial charge in [0.1, 0.15) is 18.3 Å². The van der Waals surface area contributed by atoms with Crippen LogP contribution >= 0.6 is 0 Å². The zero-order chi connectivity index (χ0) is 26.9. The number of benzene rings is 2. The molecule has 0 aliphatic heterocycles. The average Bonchev–Trinajstić information content (AvgIpc) is 2.82.